The van der Waals surface area contributed by atoms with Gasteiger partial charge in [-0.25, -0.2) is 0 Å². The van der Waals surface area contributed by atoms with Gasteiger partial charge in [0.2, 0.25) is 17.7 Å². The minimum atomic E-state index is -1.26. The summed E-state index contributed by atoms with van der Waals surface area (Å²) < 4.78 is 12.8. The van der Waals surface area contributed by atoms with Gasteiger partial charge in [-0.2, -0.15) is 0 Å². The smallest absolute Gasteiger partial charge is 0.313 e. The molecule has 10 heteroatoms. The summed E-state index contributed by atoms with van der Waals surface area (Å²) in [5.41, 5.74) is 0.353. The van der Waals surface area contributed by atoms with Crippen molar-refractivity contribution in [1.82, 2.24) is 15.1 Å². The first-order valence-corrected chi connectivity index (χ1v) is 16.8. The summed E-state index contributed by atoms with van der Waals surface area (Å²) in [7, 11) is 0. The van der Waals surface area contributed by atoms with Gasteiger partial charge in [-0.15, -0.1) is 13.2 Å². The van der Waals surface area contributed by atoms with E-state index in [2.05, 4.69) is 18.5 Å². The summed E-state index contributed by atoms with van der Waals surface area (Å²) in [4.78, 5) is 59.1. The van der Waals surface area contributed by atoms with Gasteiger partial charge in [-0.05, 0) is 36.3 Å². The Hall–Kier alpha value is -4.28. The lowest BCUT2D eigenvalue weighted by Gasteiger charge is -2.40. The quantitative estimate of drug-likeness (QED) is 0.207. The molecular formula is C38H47N3O7. The van der Waals surface area contributed by atoms with Crippen LogP contribution < -0.4 is 5.32 Å². The summed E-state index contributed by atoms with van der Waals surface area (Å²) in [5, 5.41) is 13.4. The number of likely N-dealkylation sites (tertiary alicyclic amines) is 1. The molecule has 48 heavy (non-hydrogen) atoms. The number of benzene rings is 2. The van der Waals surface area contributed by atoms with E-state index >= 15 is 0 Å². The molecule has 7 atom stereocenters. The topological polar surface area (TPSA) is 125 Å². The minimum absolute atomic E-state index is 0.0525. The highest BCUT2D eigenvalue weighted by Gasteiger charge is 2.75. The Labute approximate surface area is 282 Å². The summed E-state index contributed by atoms with van der Waals surface area (Å²) >= 11 is 0. The summed E-state index contributed by atoms with van der Waals surface area (Å²) in [6, 6.07) is 17.0. The van der Waals surface area contributed by atoms with Crippen LogP contribution >= 0.6 is 0 Å². The minimum Gasteiger partial charge on any atom is -0.455 e. The van der Waals surface area contributed by atoms with Gasteiger partial charge in [-0.3, -0.25) is 19.2 Å². The third-order valence-corrected chi connectivity index (χ3v) is 9.93. The third-order valence-electron chi connectivity index (χ3n) is 9.93. The van der Waals surface area contributed by atoms with Gasteiger partial charge in [0.05, 0.1) is 37.1 Å². The van der Waals surface area contributed by atoms with Crippen molar-refractivity contribution < 1.29 is 33.8 Å². The molecule has 2 aromatic carbocycles. The molecule has 0 unspecified atom stereocenters. The Balaban J connectivity index is 1.47. The number of aliphatic hydroxyl groups excluding tert-OH is 1. The van der Waals surface area contributed by atoms with Crippen molar-refractivity contribution in [1.29, 1.82) is 0 Å². The molecule has 2 bridgehead atoms. The SMILES string of the molecule is C=CCCC(=O)NC[C@H](OC(=O)[C@@H]1[C@H]2C(=O)N([C@@H](CO)C(C)C)[C@H](C(=O)N(CC=C)Cc3ccccc3)[C@]23CC[C@H]1O3)c1ccccc1. The van der Waals surface area contributed by atoms with E-state index in [0.717, 1.165) is 5.56 Å². The highest BCUT2D eigenvalue weighted by atomic mass is 16.6. The molecule has 256 valence electrons. The monoisotopic (exact) mass is 657 g/mol. The molecule has 3 saturated heterocycles. The lowest BCUT2D eigenvalue weighted by molar-refractivity contribution is -0.161. The van der Waals surface area contributed by atoms with E-state index in [4.69, 9.17) is 9.47 Å². The summed E-state index contributed by atoms with van der Waals surface area (Å²) in [6.07, 6.45) is 3.56. The molecular weight excluding hydrogens is 610 g/mol. The van der Waals surface area contributed by atoms with E-state index in [-0.39, 0.29) is 43.8 Å². The lowest BCUT2D eigenvalue weighted by atomic mass is 9.70. The zero-order chi connectivity index (χ0) is 34.4. The molecule has 3 aliphatic heterocycles. The lowest BCUT2D eigenvalue weighted by Crippen LogP contribution is -2.59. The summed E-state index contributed by atoms with van der Waals surface area (Å²) in [5.74, 6) is -3.61. The third kappa shape index (κ3) is 6.82. The van der Waals surface area contributed by atoms with Crippen LogP contribution in [0.25, 0.3) is 0 Å². The second-order valence-electron chi connectivity index (χ2n) is 13.3. The van der Waals surface area contributed by atoms with Gasteiger partial charge >= 0.3 is 5.97 Å². The maximum absolute atomic E-state index is 14.7. The standard InChI is InChI=1S/C38H47N3O7/c1-5-7-18-31(43)39-22-30(27-16-12-9-13-17-27)47-37(46)32-29-19-20-38(48-29)33(32)35(44)41(28(24-42)25(3)4)34(38)36(45)40(21-6-2)23-26-14-10-8-11-15-26/h5-6,8-17,25,28-30,32-34,42H,1-2,7,18-24H2,3-4H3,(H,39,43)/t28-,29+,30-,32-,33-,34+,38-/m0/s1. The maximum Gasteiger partial charge on any atom is 0.313 e. The number of fused-ring (bicyclic) bond motifs is 1. The van der Waals surface area contributed by atoms with Crippen LogP contribution in [-0.4, -0.2) is 82.1 Å². The average molecular weight is 658 g/mol. The highest BCUT2D eigenvalue weighted by molar-refractivity contribution is 5.98. The molecule has 1 spiro atoms. The fourth-order valence-corrected chi connectivity index (χ4v) is 7.62. The van der Waals surface area contributed by atoms with Gasteiger partial charge in [-0.1, -0.05) is 86.7 Å². The van der Waals surface area contributed by atoms with E-state index < -0.39 is 53.6 Å². The average Bonchev–Trinajstić information content (AvgIpc) is 3.73. The fraction of sp³-hybridized carbons (Fsp3) is 0.474. The van der Waals surface area contributed by atoms with Gasteiger partial charge < -0.3 is 29.7 Å². The number of carbonyl (C=O) groups is 4. The van der Waals surface area contributed by atoms with Crippen LogP contribution in [0.15, 0.2) is 86.0 Å². The van der Waals surface area contributed by atoms with E-state index in [1.807, 2.05) is 74.5 Å². The summed E-state index contributed by atoms with van der Waals surface area (Å²) in [6.45, 7) is 11.6. The molecule has 0 aromatic heterocycles. The molecule has 2 aromatic rings. The Kier molecular flexibility index (Phi) is 11.2. The largest absolute Gasteiger partial charge is 0.455 e. The van der Waals surface area contributed by atoms with E-state index in [0.29, 0.717) is 31.4 Å². The zero-order valence-electron chi connectivity index (χ0n) is 27.8. The van der Waals surface area contributed by atoms with Crippen molar-refractivity contribution in [2.45, 2.75) is 76.0 Å². The maximum atomic E-state index is 14.7. The van der Waals surface area contributed by atoms with Crippen LogP contribution in [-0.2, 0) is 35.2 Å². The number of hydrogen-bond donors (Lipinski definition) is 2. The molecule has 10 nitrogen and oxygen atoms in total. The van der Waals surface area contributed by atoms with Gasteiger partial charge in [0.15, 0.2) is 0 Å². The van der Waals surface area contributed by atoms with Gasteiger partial charge in [0.25, 0.3) is 0 Å². The Bertz CT molecular complexity index is 1480. The van der Waals surface area contributed by atoms with Crippen molar-refractivity contribution in [2.24, 2.45) is 17.8 Å². The second-order valence-corrected chi connectivity index (χ2v) is 13.3. The molecule has 5 rings (SSSR count). The van der Waals surface area contributed by atoms with Gasteiger partial charge in [0.1, 0.15) is 17.7 Å². The molecule has 0 aliphatic carbocycles. The van der Waals surface area contributed by atoms with Crippen molar-refractivity contribution in [2.75, 3.05) is 19.7 Å². The molecule has 2 N–H and O–H groups in total. The van der Waals surface area contributed by atoms with Crippen molar-refractivity contribution in [3.63, 3.8) is 0 Å². The number of esters is 1. The molecule has 3 fully saturated rings. The molecule has 3 amide bonds. The zero-order valence-corrected chi connectivity index (χ0v) is 27.8. The predicted molar refractivity (Wildman–Crippen MR) is 180 cm³/mol. The van der Waals surface area contributed by atoms with Crippen LogP contribution in [0.1, 0.15) is 56.8 Å². The number of aliphatic hydroxyl groups is 1. The molecule has 3 heterocycles. The van der Waals surface area contributed by atoms with Crippen LogP contribution in [0.5, 0.6) is 0 Å². The second kappa shape index (κ2) is 15.3. The predicted octanol–water partition coefficient (Wildman–Crippen LogP) is 3.96. The van der Waals surface area contributed by atoms with Crippen LogP contribution in [0.3, 0.4) is 0 Å². The molecule has 0 radical (unpaired) electrons. The van der Waals surface area contributed by atoms with Crippen LogP contribution in [0, 0.1) is 17.8 Å². The van der Waals surface area contributed by atoms with E-state index in [1.54, 1.807) is 17.1 Å². The number of nitrogens with zero attached hydrogens (tertiary/aromatic N) is 2. The Morgan fingerprint density at radius 3 is 2.42 bits per heavy atom. The Morgan fingerprint density at radius 2 is 1.79 bits per heavy atom. The highest BCUT2D eigenvalue weighted by Crippen LogP contribution is 2.59. The number of allylic oxidation sites excluding steroid dienone is 1. The number of amides is 3. The van der Waals surface area contributed by atoms with E-state index in [9.17, 15) is 24.3 Å². The number of rotatable bonds is 16. The van der Waals surface area contributed by atoms with Crippen molar-refractivity contribution >= 4 is 23.7 Å². The first-order valence-electron chi connectivity index (χ1n) is 16.8. The van der Waals surface area contributed by atoms with Gasteiger partial charge in [0, 0.05) is 19.5 Å². The normalized spacial score (nSPS) is 25.3. The van der Waals surface area contributed by atoms with Crippen LogP contribution in [0.2, 0.25) is 0 Å². The van der Waals surface area contributed by atoms with Crippen molar-refractivity contribution in [3.8, 4) is 0 Å². The fourth-order valence-electron chi connectivity index (χ4n) is 7.62. The van der Waals surface area contributed by atoms with E-state index in [1.165, 1.54) is 4.90 Å². The van der Waals surface area contributed by atoms with Crippen molar-refractivity contribution in [3.05, 3.63) is 97.1 Å². The number of nitrogens with one attached hydrogen (secondary N) is 1. The number of carbonyl (C=O) groups excluding carboxylic acids is 4. The van der Waals surface area contributed by atoms with Crippen LogP contribution in [0.4, 0.5) is 0 Å². The molecule has 3 aliphatic rings. The first kappa shape index (κ1) is 35.0. The first-order chi connectivity index (χ1) is 23.2. The molecule has 0 saturated carbocycles. The number of hydrogen-bond acceptors (Lipinski definition) is 7. The number of ether oxygens (including phenoxy) is 2. The Morgan fingerprint density at radius 1 is 1.10 bits per heavy atom.